The number of nitriles is 2. The van der Waals surface area contributed by atoms with E-state index < -0.39 is 5.38 Å². The molecule has 4 heteroatoms. The van der Waals surface area contributed by atoms with Crippen LogP contribution in [0.3, 0.4) is 0 Å². The molecule has 1 aromatic heterocycles. The maximum absolute atomic E-state index is 8.60. The molecule has 0 aliphatic heterocycles. The van der Waals surface area contributed by atoms with Crippen LogP contribution in [0.15, 0.2) is 18.3 Å². The van der Waals surface area contributed by atoms with Gasteiger partial charge >= 0.3 is 0 Å². The molecule has 3 nitrogen and oxygen atoms in total. The van der Waals surface area contributed by atoms with E-state index in [1.165, 1.54) is 0 Å². The van der Waals surface area contributed by atoms with Crippen molar-refractivity contribution in [3.8, 4) is 12.1 Å². The molecule has 0 saturated carbocycles. The molecule has 60 valence electrons. The Morgan fingerprint density at radius 2 is 2.33 bits per heavy atom. The Morgan fingerprint density at radius 3 is 2.92 bits per heavy atom. The van der Waals surface area contributed by atoms with Crippen LogP contribution < -0.4 is 0 Å². The Labute approximate surface area is 75.4 Å². The zero-order valence-electron chi connectivity index (χ0n) is 6.24. The van der Waals surface area contributed by atoms with Crippen molar-refractivity contribution < 1.29 is 0 Å². The van der Waals surface area contributed by atoms with Crippen molar-refractivity contribution in [1.82, 2.24) is 4.57 Å². The third-order valence-electron chi connectivity index (χ3n) is 1.44. The van der Waals surface area contributed by atoms with Crippen LogP contribution in [0.4, 0.5) is 0 Å². The highest BCUT2D eigenvalue weighted by Crippen LogP contribution is 2.04. The van der Waals surface area contributed by atoms with Gasteiger partial charge in [-0.25, -0.2) is 0 Å². The second-order valence-electron chi connectivity index (χ2n) is 2.25. The fourth-order valence-electron chi connectivity index (χ4n) is 0.888. The zero-order chi connectivity index (χ0) is 8.97. The van der Waals surface area contributed by atoms with Gasteiger partial charge in [-0.15, -0.1) is 11.6 Å². The van der Waals surface area contributed by atoms with Crippen LogP contribution in [0.2, 0.25) is 0 Å². The van der Waals surface area contributed by atoms with Gasteiger partial charge in [0.2, 0.25) is 0 Å². The van der Waals surface area contributed by atoms with E-state index in [2.05, 4.69) is 0 Å². The minimum absolute atomic E-state index is 0.355. The van der Waals surface area contributed by atoms with Gasteiger partial charge in [0, 0.05) is 6.20 Å². The van der Waals surface area contributed by atoms with Crippen LogP contribution in [-0.4, -0.2) is 9.94 Å². The lowest BCUT2D eigenvalue weighted by molar-refractivity contribution is 0.717. The van der Waals surface area contributed by atoms with E-state index in [0.717, 1.165) is 0 Å². The van der Waals surface area contributed by atoms with Crippen LogP contribution in [0.25, 0.3) is 0 Å². The van der Waals surface area contributed by atoms with E-state index >= 15 is 0 Å². The van der Waals surface area contributed by atoms with Crippen LogP contribution >= 0.6 is 11.6 Å². The van der Waals surface area contributed by atoms with Crippen molar-refractivity contribution in [2.45, 2.75) is 11.9 Å². The molecule has 0 saturated heterocycles. The summed E-state index contributed by atoms with van der Waals surface area (Å²) in [6, 6.07) is 7.32. The highest BCUT2D eigenvalue weighted by molar-refractivity contribution is 6.22. The smallest absolute Gasteiger partial charge is 0.138 e. The Kier molecular flexibility index (Phi) is 2.74. The highest BCUT2D eigenvalue weighted by Gasteiger charge is 2.05. The summed E-state index contributed by atoms with van der Waals surface area (Å²) in [7, 11) is 0. The van der Waals surface area contributed by atoms with Crippen LogP contribution in [0.5, 0.6) is 0 Å². The minimum Gasteiger partial charge on any atom is -0.337 e. The molecular weight excluding hydrogens is 174 g/mol. The van der Waals surface area contributed by atoms with E-state index in [1.807, 2.05) is 12.1 Å². The van der Waals surface area contributed by atoms with E-state index in [0.29, 0.717) is 12.2 Å². The molecule has 0 radical (unpaired) electrons. The van der Waals surface area contributed by atoms with Crippen molar-refractivity contribution in [2.24, 2.45) is 0 Å². The molecule has 0 aliphatic carbocycles. The normalized spacial score (nSPS) is 11.6. The van der Waals surface area contributed by atoms with Gasteiger partial charge in [-0.1, -0.05) is 0 Å². The van der Waals surface area contributed by atoms with E-state index in [1.54, 1.807) is 22.9 Å². The maximum Gasteiger partial charge on any atom is 0.138 e. The Bertz CT molecular complexity index is 342. The first-order chi connectivity index (χ1) is 5.77. The molecule has 0 aliphatic rings. The molecule has 0 amide bonds. The van der Waals surface area contributed by atoms with Gasteiger partial charge in [-0.2, -0.15) is 10.5 Å². The first-order valence-corrected chi connectivity index (χ1v) is 3.80. The lowest BCUT2D eigenvalue weighted by Crippen LogP contribution is -2.08. The zero-order valence-corrected chi connectivity index (χ0v) is 6.99. The predicted molar refractivity (Wildman–Crippen MR) is 44.4 cm³/mol. The van der Waals surface area contributed by atoms with E-state index in [-0.39, 0.29) is 0 Å². The monoisotopic (exact) mass is 179 g/mol. The summed E-state index contributed by atoms with van der Waals surface area (Å²) in [6.45, 7) is 0.355. The number of hydrogen-bond acceptors (Lipinski definition) is 2. The highest BCUT2D eigenvalue weighted by atomic mass is 35.5. The summed E-state index contributed by atoms with van der Waals surface area (Å²) in [5, 5.41) is 16.4. The van der Waals surface area contributed by atoms with Gasteiger partial charge in [0.05, 0.1) is 12.6 Å². The van der Waals surface area contributed by atoms with Crippen LogP contribution in [0, 0.1) is 22.7 Å². The Morgan fingerprint density at radius 1 is 1.58 bits per heavy atom. The maximum atomic E-state index is 8.60. The molecule has 12 heavy (non-hydrogen) atoms. The van der Waals surface area contributed by atoms with Crippen molar-refractivity contribution in [1.29, 1.82) is 10.5 Å². The largest absolute Gasteiger partial charge is 0.337 e. The molecule has 0 N–H and O–H groups in total. The Hall–Kier alpha value is -1.45. The van der Waals surface area contributed by atoms with Crippen molar-refractivity contribution >= 4 is 11.6 Å². The summed E-state index contributed by atoms with van der Waals surface area (Å²) in [4.78, 5) is 0. The van der Waals surface area contributed by atoms with Gasteiger partial charge in [0.1, 0.15) is 17.1 Å². The lowest BCUT2D eigenvalue weighted by atomic mass is 10.4. The summed E-state index contributed by atoms with van der Waals surface area (Å²) in [6.07, 6.45) is 1.73. The second kappa shape index (κ2) is 3.80. The number of hydrogen-bond donors (Lipinski definition) is 0. The fourth-order valence-corrected chi connectivity index (χ4v) is 1.04. The molecule has 0 bridgehead atoms. The number of rotatable bonds is 2. The second-order valence-corrected chi connectivity index (χ2v) is 2.78. The first kappa shape index (κ1) is 8.64. The molecule has 1 aromatic rings. The summed E-state index contributed by atoms with van der Waals surface area (Å²) in [5.41, 5.74) is 0.524. The number of halogens is 1. The minimum atomic E-state index is -0.579. The summed E-state index contributed by atoms with van der Waals surface area (Å²) >= 11 is 5.59. The standard InChI is InChI=1S/C8H6ClN3/c9-7(4-10)6-12-3-1-2-8(12)5-11/h1-3,7H,6H2. The van der Waals surface area contributed by atoms with Gasteiger partial charge in [0.15, 0.2) is 0 Å². The average molecular weight is 180 g/mol. The molecule has 0 fully saturated rings. The third kappa shape index (κ3) is 1.78. The van der Waals surface area contributed by atoms with E-state index in [9.17, 15) is 0 Å². The van der Waals surface area contributed by atoms with Gasteiger partial charge < -0.3 is 4.57 Å². The topological polar surface area (TPSA) is 52.5 Å². The molecule has 1 unspecified atom stereocenters. The number of alkyl halides is 1. The van der Waals surface area contributed by atoms with Gasteiger partial charge in [-0.05, 0) is 12.1 Å². The Balaban J connectivity index is 2.78. The first-order valence-electron chi connectivity index (χ1n) is 3.37. The van der Waals surface area contributed by atoms with Crippen molar-refractivity contribution in [3.05, 3.63) is 24.0 Å². The molecule has 0 aromatic carbocycles. The van der Waals surface area contributed by atoms with Gasteiger partial charge in [0.25, 0.3) is 0 Å². The summed E-state index contributed by atoms with van der Waals surface area (Å²) < 4.78 is 1.65. The summed E-state index contributed by atoms with van der Waals surface area (Å²) in [5.74, 6) is 0. The number of aromatic nitrogens is 1. The lowest BCUT2D eigenvalue weighted by Gasteiger charge is -2.03. The van der Waals surface area contributed by atoms with Crippen molar-refractivity contribution in [3.63, 3.8) is 0 Å². The third-order valence-corrected chi connectivity index (χ3v) is 1.68. The van der Waals surface area contributed by atoms with Crippen LogP contribution in [0.1, 0.15) is 5.69 Å². The predicted octanol–water partition coefficient (Wildman–Crippen LogP) is 1.49. The van der Waals surface area contributed by atoms with Gasteiger partial charge in [-0.3, -0.25) is 0 Å². The average Bonchev–Trinajstić information content (AvgIpc) is 2.51. The van der Waals surface area contributed by atoms with E-state index in [4.69, 9.17) is 22.1 Å². The quantitative estimate of drug-likeness (QED) is 0.646. The van der Waals surface area contributed by atoms with Crippen LogP contribution in [-0.2, 0) is 6.54 Å². The molecular formula is C8H6ClN3. The molecule has 1 rings (SSSR count). The number of nitrogens with zero attached hydrogens (tertiary/aromatic N) is 3. The SMILES string of the molecule is N#Cc1cccn1CC(Cl)C#N. The molecule has 1 atom stereocenters. The molecule has 0 spiro atoms. The van der Waals surface area contributed by atoms with Crippen molar-refractivity contribution in [2.75, 3.05) is 0 Å². The fraction of sp³-hybridized carbons (Fsp3) is 0.250. The molecule has 1 heterocycles.